The van der Waals surface area contributed by atoms with E-state index in [9.17, 15) is 4.57 Å². The molecule has 9 heteroatoms. The molecule has 3 aliphatic rings. The lowest BCUT2D eigenvalue weighted by Crippen LogP contribution is -2.45. The molecule has 5 atom stereocenters. The molecule has 0 aliphatic carbocycles. The van der Waals surface area contributed by atoms with Gasteiger partial charge in [0.2, 0.25) is 5.34 Å². The Morgan fingerprint density at radius 2 is 1.81 bits per heavy atom. The fourth-order valence-corrected chi connectivity index (χ4v) is 5.39. The highest BCUT2D eigenvalue weighted by Gasteiger charge is 2.74. The monoisotopic (exact) mass is 400 g/mol. The lowest BCUT2D eigenvalue weighted by molar-refractivity contribution is -0.223. The Bertz CT molecular complexity index is 711. The highest BCUT2D eigenvalue weighted by molar-refractivity contribution is 7.55. The molecule has 0 aromatic heterocycles. The first kappa shape index (κ1) is 19.5. The van der Waals surface area contributed by atoms with Gasteiger partial charge in [0.1, 0.15) is 18.3 Å². The van der Waals surface area contributed by atoms with Crippen LogP contribution in [0.5, 0.6) is 0 Å². The van der Waals surface area contributed by atoms with Crippen LogP contribution in [-0.4, -0.2) is 56.6 Å². The van der Waals surface area contributed by atoms with E-state index in [1.807, 2.05) is 44.2 Å². The summed E-state index contributed by atoms with van der Waals surface area (Å²) in [4.78, 5) is 0. The van der Waals surface area contributed by atoms with Crippen molar-refractivity contribution >= 4 is 7.60 Å². The molecule has 0 amide bonds. The fourth-order valence-electron chi connectivity index (χ4n) is 3.73. The number of epoxide rings is 1. The number of benzene rings is 1. The largest absolute Gasteiger partial charge is 0.368 e. The van der Waals surface area contributed by atoms with Crippen LogP contribution in [-0.2, 0) is 43.9 Å². The molecule has 1 aromatic carbocycles. The maximum Gasteiger partial charge on any atom is 0.366 e. The van der Waals surface area contributed by atoms with Crippen molar-refractivity contribution < 1.29 is 37.3 Å². The Morgan fingerprint density at radius 3 is 2.41 bits per heavy atom. The number of hydrogen-bond acceptors (Lipinski definition) is 8. The lowest BCUT2D eigenvalue weighted by Gasteiger charge is -2.31. The highest BCUT2D eigenvalue weighted by Crippen LogP contribution is 2.69. The van der Waals surface area contributed by atoms with Crippen LogP contribution in [0.3, 0.4) is 0 Å². The summed E-state index contributed by atoms with van der Waals surface area (Å²) in [6.45, 7) is 4.16. The third-order valence-corrected chi connectivity index (χ3v) is 7.51. The molecule has 3 aliphatic heterocycles. The quantitative estimate of drug-likeness (QED) is 0.510. The summed E-state index contributed by atoms with van der Waals surface area (Å²) in [5, 5.41) is -1.22. The Labute approximate surface area is 158 Å². The predicted octanol–water partition coefficient (Wildman–Crippen LogP) is 2.66. The van der Waals surface area contributed by atoms with Gasteiger partial charge in [0.05, 0.1) is 13.2 Å². The fraction of sp³-hybridized carbons (Fsp3) is 0.667. The minimum absolute atomic E-state index is 0.185. The molecule has 1 aromatic rings. The van der Waals surface area contributed by atoms with E-state index in [1.54, 1.807) is 0 Å². The number of fused-ring (bicyclic) bond motifs is 1. The smallest absolute Gasteiger partial charge is 0.366 e. The molecule has 27 heavy (non-hydrogen) atoms. The zero-order chi connectivity index (χ0) is 19.3. The van der Waals surface area contributed by atoms with Gasteiger partial charge in [0.15, 0.2) is 12.1 Å². The summed E-state index contributed by atoms with van der Waals surface area (Å²) in [5.74, 6) is -0.793. The van der Waals surface area contributed by atoms with Gasteiger partial charge in [-0.25, -0.2) is 0 Å². The van der Waals surface area contributed by atoms with Crippen molar-refractivity contribution in [2.45, 2.75) is 56.2 Å². The van der Waals surface area contributed by atoms with E-state index in [4.69, 9.17) is 32.7 Å². The molecule has 150 valence electrons. The van der Waals surface area contributed by atoms with Crippen molar-refractivity contribution in [2.24, 2.45) is 0 Å². The van der Waals surface area contributed by atoms with E-state index in [0.717, 1.165) is 5.56 Å². The van der Waals surface area contributed by atoms with E-state index in [2.05, 4.69) is 0 Å². The molecule has 5 unspecified atom stereocenters. The standard InChI is InChI=1S/C18H25O8P/c1-17(2)25-14-13(22-10-12-8-6-5-7-9-12)15(24-16(14)26-17)18(11-23-18)27(19,20-3)21-4/h5-9,13-16H,10-11H2,1-4H3. The molecule has 0 radical (unpaired) electrons. The summed E-state index contributed by atoms with van der Waals surface area (Å²) in [5.41, 5.74) is 1.00. The van der Waals surface area contributed by atoms with E-state index >= 15 is 0 Å². The average molecular weight is 400 g/mol. The number of hydrogen-bond donors (Lipinski definition) is 0. The third-order valence-electron chi connectivity index (χ3n) is 5.11. The van der Waals surface area contributed by atoms with Gasteiger partial charge in [-0.2, -0.15) is 0 Å². The SMILES string of the molecule is COP(=O)(OC)C1(C2OC3OC(C)(C)OC3C2OCc2ccccc2)CO1. The molecule has 3 fully saturated rings. The molecule has 4 rings (SSSR count). The van der Waals surface area contributed by atoms with Gasteiger partial charge in [0, 0.05) is 14.2 Å². The average Bonchev–Trinajstić information content (AvgIpc) is 3.33. The second-order valence-electron chi connectivity index (χ2n) is 7.28. The number of ether oxygens (including phenoxy) is 5. The predicted molar refractivity (Wildman–Crippen MR) is 94.0 cm³/mol. The van der Waals surface area contributed by atoms with Gasteiger partial charge in [-0.05, 0) is 19.4 Å². The van der Waals surface area contributed by atoms with E-state index in [1.165, 1.54) is 14.2 Å². The van der Waals surface area contributed by atoms with Crippen molar-refractivity contribution in [1.29, 1.82) is 0 Å². The minimum atomic E-state index is -3.57. The molecular formula is C18H25O8P. The Balaban J connectivity index is 1.59. The first-order valence-electron chi connectivity index (χ1n) is 8.86. The molecule has 0 saturated carbocycles. The van der Waals surface area contributed by atoms with E-state index in [0.29, 0.717) is 6.61 Å². The first-order chi connectivity index (χ1) is 12.8. The molecular weight excluding hydrogens is 375 g/mol. The molecule has 0 bridgehead atoms. The van der Waals surface area contributed by atoms with Crippen LogP contribution in [0.4, 0.5) is 0 Å². The second kappa shape index (κ2) is 6.90. The van der Waals surface area contributed by atoms with Crippen molar-refractivity contribution in [3.8, 4) is 0 Å². The van der Waals surface area contributed by atoms with Gasteiger partial charge >= 0.3 is 7.60 Å². The van der Waals surface area contributed by atoms with Gasteiger partial charge in [-0.3, -0.25) is 4.57 Å². The van der Waals surface area contributed by atoms with Crippen molar-refractivity contribution in [2.75, 3.05) is 20.8 Å². The first-order valence-corrected chi connectivity index (χ1v) is 10.4. The van der Waals surface area contributed by atoms with Gasteiger partial charge in [-0.15, -0.1) is 0 Å². The van der Waals surface area contributed by atoms with Crippen LogP contribution in [0, 0.1) is 0 Å². The summed E-state index contributed by atoms with van der Waals surface area (Å²) in [6, 6.07) is 9.77. The summed E-state index contributed by atoms with van der Waals surface area (Å²) in [6.07, 6.45) is -2.39. The van der Waals surface area contributed by atoms with Crippen molar-refractivity contribution in [1.82, 2.24) is 0 Å². The van der Waals surface area contributed by atoms with Crippen molar-refractivity contribution in [3.05, 3.63) is 35.9 Å². The summed E-state index contributed by atoms with van der Waals surface area (Å²) >= 11 is 0. The summed E-state index contributed by atoms with van der Waals surface area (Å²) in [7, 11) is -0.900. The normalized spacial score (nSPS) is 37.3. The van der Waals surface area contributed by atoms with Gasteiger partial charge in [-0.1, -0.05) is 30.3 Å². The van der Waals surface area contributed by atoms with Crippen LogP contribution < -0.4 is 0 Å². The molecule has 3 heterocycles. The number of rotatable bonds is 7. The minimum Gasteiger partial charge on any atom is -0.368 e. The van der Waals surface area contributed by atoms with Crippen LogP contribution in [0.1, 0.15) is 19.4 Å². The van der Waals surface area contributed by atoms with E-state index in [-0.39, 0.29) is 6.61 Å². The topological polar surface area (TPSA) is 85.0 Å². The second-order valence-corrected chi connectivity index (χ2v) is 9.76. The Morgan fingerprint density at radius 1 is 1.15 bits per heavy atom. The lowest BCUT2D eigenvalue weighted by atomic mass is 10.1. The molecule has 3 saturated heterocycles. The van der Waals surface area contributed by atoms with Crippen LogP contribution in [0.15, 0.2) is 30.3 Å². The Kier molecular flexibility index (Phi) is 4.98. The van der Waals surface area contributed by atoms with E-state index < -0.39 is 43.3 Å². The van der Waals surface area contributed by atoms with Crippen LogP contribution in [0.2, 0.25) is 0 Å². The zero-order valence-corrected chi connectivity index (χ0v) is 16.7. The van der Waals surface area contributed by atoms with Crippen LogP contribution >= 0.6 is 7.60 Å². The van der Waals surface area contributed by atoms with Gasteiger partial charge < -0.3 is 32.7 Å². The highest BCUT2D eigenvalue weighted by atomic mass is 31.2. The third kappa shape index (κ3) is 3.28. The van der Waals surface area contributed by atoms with Gasteiger partial charge in [0.25, 0.3) is 0 Å². The molecule has 8 nitrogen and oxygen atoms in total. The zero-order valence-electron chi connectivity index (χ0n) is 15.8. The molecule has 0 N–H and O–H groups in total. The van der Waals surface area contributed by atoms with Crippen molar-refractivity contribution in [3.63, 3.8) is 0 Å². The summed E-state index contributed by atoms with van der Waals surface area (Å²) < 4.78 is 53.2. The molecule has 0 spiro atoms. The Hall–Kier alpha value is -0.830. The maximum absolute atomic E-state index is 13.1. The van der Waals surface area contributed by atoms with Crippen LogP contribution in [0.25, 0.3) is 0 Å². The maximum atomic E-state index is 13.1.